The van der Waals surface area contributed by atoms with Crippen LogP contribution in [0.3, 0.4) is 0 Å². The number of esters is 1. The minimum absolute atomic E-state index is 0.0856. The zero-order valence-corrected chi connectivity index (χ0v) is 10.3. The van der Waals surface area contributed by atoms with E-state index in [1.165, 1.54) is 7.11 Å². The fourth-order valence-electron chi connectivity index (χ4n) is 2.14. The standard InChI is InChI=1S/C14H16O4/c1-17-14(16)9-18-13-6-3-10(4-7-13)11-2-5-12(15)8-11/h3-4,6-7,11H,2,5,8-9H2,1H3/t11-/m1/s1. The molecule has 0 aromatic heterocycles. The van der Waals surface area contributed by atoms with Crippen molar-refractivity contribution >= 4 is 11.8 Å². The summed E-state index contributed by atoms with van der Waals surface area (Å²) in [5.41, 5.74) is 1.16. The third-order valence-corrected chi connectivity index (χ3v) is 3.18. The van der Waals surface area contributed by atoms with Crippen LogP contribution in [0.4, 0.5) is 0 Å². The third-order valence-electron chi connectivity index (χ3n) is 3.18. The van der Waals surface area contributed by atoms with Crippen LogP contribution in [0.2, 0.25) is 0 Å². The largest absolute Gasteiger partial charge is 0.482 e. The second kappa shape index (κ2) is 5.67. The summed E-state index contributed by atoms with van der Waals surface area (Å²) in [5.74, 6) is 0.909. The van der Waals surface area contributed by atoms with E-state index in [-0.39, 0.29) is 6.61 Å². The molecule has 0 saturated heterocycles. The molecule has 0 aliphatic heterocycles. The lowest BCUT2D eigenvalue weighted by Gasteiger charge is -2.10. The van der Waals surface area contributed by atoms with Gasteiger partial charge in [-0.3, -0.25) is 4.79 Å². The summed E-state index contributed by atoms with van der Waals surface area (Å²) in [5, 5.41) is 0. The van der Waals surface area contributed by atoms with Gasteiger partial charge in [0, 0.05) is 12.8 Å². The number of carbonyl (C=O) groups is 2. The Bertz CT molecular complexity index is 436. The highest BCUT2D eigenvalue weighted by atomic mass is 16.6. The summed E-state index contributed by atoms with van der Waals surface area (Å²) < 4.78 is 9.74. The fraction of sp³-hybridized carbons (Fsp3) is 0.429. The van der Waals surface area contributed by atoms with Crippen LogP contribution < -0.4 is 4.74 Å². The molecule has 1 aliphatic rings. The van der Waals surface area contributed by atoms with Crippen molar-refractivity contribution < 1.29 is 19.1 Å². The van der Waals surface area contributed by atoms with Crippen molar-refractivity contribution in [2.45, 2.75) is 25.2 Å². The number of benzene rings is 1. The van der Waals surface area contributed by atoms with E-state index in [1.807, 2.05) is 24.3 Å². The molecular formula is C14H16O4. The summed E-state index contributed by atoms with van der Waals surface area (Å²) in [6.45, 7) is -0.0856. The Morgan fingerprint density at radius 2 is 2.06 bits per heavy atom. The van der Waals surface area contributed by atoms with Gasteiger partial charge in [0.1, 0.15) is 11.5 Å². The van der Waals surface area contributed by atoms with Crippen molar-refractivity contribution in [3.05, 3.63) is 29.8 Å². The number of ether oxygens (including phenoxy) is 2. The van der Waals surface area contributed by atoms with E-state index in [1.54, 1.807) is 0 Å². The highest BCUT2D eigenvalue weighted by Gasteiger charge is 2.23. The Labute approximate surface area is 106 Å². The molecule has 0 amide bonds. The molecular weight excluding hydrogens is 232 g/mol. The van der Waals surface area contributed by atoms with Gasteiger partial charge in [-0.15, -0.1) is 0 Å². The smallest absolute Gasteiger partial charge is 0.343 e. The number of Topliss-reactive ketones (excluding diaryl/α,β-unsaturated/α-hetero) is 1. The van der Waals surface area contributed by atoms with Gasteiger partial charge in [-0.25, -0.2) is 4.79 Å². The molecule has 0 bridgehead atoms. The van der Waals surface area contributed by atoms with Gasteiger partial charge in [0.2, 0.25) is 0 Å². The van der Waals surface area contributed by atoms with Crippen LogP contribution in [0.5, 0.6) is 5.75 Å². The van der Waals surface area contributed by atoms with E-state index in [4.69, 9.17) is 4.74 Å². The van der Waals surface area contributed by atoms with Crippen molar-refractivity contribution in [1.82, 2.24) is 0 Å². The lowest BCUT2D eigenvalue weighted by Crippen LogP contribution is -2.12. The summed E-state index contributed by atoms with van der Waals surface area (Å²) >= 11 is 0. The van der Waals surface area contributed by atoms with Gasteiger partial charge in [0.15, 0.2) is 6.61 Å². The molecule has 0 heterocycles. The van der Waals surface area contributed by atoms with Crippen LogP contribution in [0.15, 0.2) is 24.3 Å². The molecule has 1 atom stereocenters. The topological polar surface area (TPSA) is 52.6 Å². The molecule has 0 unspecified atom stereocenters. The number of hydrogen-bond donors (Lipinski definition) is 0. The van der Waals surface area contributed by atoms with Crippen molar-refractivity contribution in [3.8, 4) is 5.75 Å². The molecule has 96 valence electrons. The van der Waals surface area contributed by atoms with Gasteiger partial charge < -0.3 is 9.47 Å². The van der Waals surface area contributed by atoms with Crippen LogP contribution in [-0.2, 0) is 14.3 Å². The normalized spacial score (nSPS) is 18.7. The van der Waals surface area contributed by atoms with E-state index in [0.29, 0.717) is 30.3 Å². The fourth-order valence-corrected chi connectivity index (χ4v) is 2.14. The summed E-state index contributed by atoms with van der Waals surface area (Å²) in [6, 6.07) is 7.55. The second-order valence-corrected chi connectivity index (χ2v) is 4.41. The van der Waals surface area contributed by atoms with Crippen molar-refractivity contribution in [1.29, 1.82) is 0 Å². The summed E-state index contributed by atoms with van der Waals surface area (Å²) in [7, 11) is 1.33. The van der Waals surface area contributed by atoms with Crippen LogP contribution in [0, 0.1) is 0 Å². The minimum atomic E-state index is -0.402. The van der Waals surface area contributed by atoms with E-state index in [9.17, 15) is 9.59 Å². The molecule has 1 fully saturated rings. The summed E-state index contributed by atoms with van der Waals surface area (Å²) in [4.78, 5) is 22.1. The maximum atomic E-state index is 11.2. The number of methoxy groups -OCH3 is 1. The van der Waals surface area contributed by atoms with E-state index in [0.717, 1.165) is 12.0 Å². The van der Waals surface area contributed by atoms with Gasteiger partial charge >= 0.3 is 5.97 Å². The highest BCUT2D eigenvalue weighted by molar-refractivity contribution is 5.81. The minimum Gasteiger partial charge on any atom is -0.482 e. The molecule has 4 nitrogen and oxygen atoms in total. The molecule has 1 aromatic carbocycles. The zero-order valence-electron chi connectivity index (χ0n) is 10.3. The first-order chi connectivity index (χ1) is 8.69. The number of rotatable bonds is 4. The van der Waals surface area contributed by atoms with Crippen LogP contribution >= 0.6 is 0 Å². The first kappa shape index (κ1) is 12.6. The quantitative estimate of drug-likeness (QED) is 0.765. The predicted molar refractivity (Wildman–Crippen MR) is 65.6 cm³/mol. The van der Waals surface area contributed by atoms with Gasteiger partial charge in [-0.2, -0.15) is 0 Å². The zero-order chi connectivity index (χ0) is 13.0. The van der Waals surface area contributed by atoms with E-state index < -0.39 is 5.97 Å². The number of ketones is 1. The van der Waals surface area contributed by atoms with Crippen LogP contribution in [0.25, 0.3) is 0 Å². The average Bonchev–Trinajstić information content (AvgIpc) is 2.83. The monoisotopic (exact) mass is 248 g/mol. The van der Waals surface area contributed by atoms with Crippen LogP contribution in [0.1, 0.15) is 30.7 Å². The Hall–Kier alpha value is -1.84. The molecule has 0 radical (unpaired) electrons. The molecule has 0 spiro atoms. The summed E-state index contributed by atoms with van der Waals surface area (Å²) in [6.07, 6.45) is 2.26. The molecule has 4 heteroatoms. The van der Waals surface area contributed by atoms with Crippen molar-refractivity contribution in [3.63, 3.8) is 0 Å². The van der Waals surface area contributed by atoms with E-state index in [2.05, 4.69) is 4.74 Å². The maximum absolute atomic E-state index is 11.2. The Balaban J connectivity index is 1.93. The molecule has 1 saturated carbocycles. The number of carbonyl (C=O) groups excluding carboxylic acids is 2. The first-order valence-electron chi connectivity index (χ1n) is 6.00. The lowest BCUT2D eigenvalue weighted by atomic mass is 9.98. The third kappa shape index (κ3) is 3.09. The predicted octanol–water partition coefficient (Wildman–Crippen LogP) is 2.08. The molecule has 0 N–H and O–H groups in total. The van der Waals surface area contributed by atoms with Gasteiger partial charge in [0.25, 0.3) is 0 Å². The van der Waals surface area contributed by atoms with Gasteiger partial charge in [-0.05, 0) is 30.0 Å². The van der Waals surface area contributed by atoms with Crippen molar-refractivity contribution in [2.24, 2.45) is 0 Å². The molecule has 1 aliphatic carbocycles. The Kier molecular flexibility index (Phi) is 3.97. The average molecular weight is 248 g/mol. The van der Waals surface area contributed by atoms with Gasteiger partial charge in [0.05, 0.1) is 7.11 Å². The lowest BCUT2D eigenvalue weighted by molar-refractivity contribution is -0.142. The van der Waals surface area contributed by atoms with Crippen LogP contribution in [-0.4, -0.2) is 25.5 Å². The second-order valence-electron chi connectivity index (χ2n) is 4.41. The first-order valence-corrected chi connectivity index (χ1v) is 6.00. The Morgan fingerprint density at radius 3 is 2.61 bits per heavy atom. The number of hydrogen-bond acceptors (Lipinski definition) is 4. The maximum Gasteiger partial charge on any atom is 0.343 e. The molecule has 18 heavy (non-hydrogen) atoms. The van der Waals surface area contributed by atoms with E-state index >= 15 is 0 Å². The molecule has 1 aromatic rings. The van der Waals surface area contributed by atoms with Gasteiger partial charge in [-0.1, -0.05) is 12.1 Å². The Morgan fingerprint density at radius 1 is 1.33 bits per heavy atom. The SMILES string of the molecule is COC(=O)COc1ccc([C@@H]2CCC(=O)C2)cc1. The molecule has 2 rings (SSSR count). The van der Waals surface area contributed by atoms with Crippen molar-refractivity contribution in [2.75, 3.05) is 13.7 Å². The highest BCUT2D eigenvalue weighted by Crippen LogP contribution is 2.32.